The molecule has 2 aromatic carbocycles. The van der Waals surface area contributed by atoms with Crippen molar-refractivity contribution in [3.63, 3.8) is 0 Å². The van der Waals surface area contributed by atoms with E-state index in [1.54, 1.807) is 0 Å². The van der Waals surface area contributed by atoms with E-state index in [-0.39, 0.29) is 18.4 Å². The number of carbonyl (C=O) groups excluding carboxylic acids is 1. The summed E-state index contributed by atoms with van der Waals surface area (Å²) in [5.41, 5.74) is 3.08. The largest absolute Gasteiger partial charge is 0.465 e. The lowest BCUT2D eigenvalue weighted by Gasteiger charge is -2.20. The average molecular weight is 334 g/mol. The summed E-state index contributed by atoms with van der Waals surface area (Å²) in [6.45, 7) is 4.35. The Morgan fingerprint density at radius 2 is 1.65 bits per heavy atom. The molecule has 124 valence electrons. The van der Waals surface area contributed by atoms with Crippen molar-refractivity contribution in [2.75, 3.05) is 7.11 Å². The van der Waals surface area contributed by atoms with Gasteiger partial charge in [0.25, 0.3) is 0 Å². The van der Waals surface area contributed by atoms with Crippen LogP contribution in [0.2, 0.25) is 0 Å². The first-order chi connectivity index (χ1) is 10.6. The van der Waals surface area contributed by atoms with Gasteiger partial charge in [0.15, 0.2) is 0 Å². The Labute approximate surface area is 144 Å². The van der Waals surface area contributed by atoms with Gasteiger partial charge in [0, 0.05) is 12.1 Å². The zero-order valence-corrected chi connectivity index (χ0v) is 14.6. The van der Waals surface area contributed by atoms with Crippen molar-refractivity contribution in [1.29, 1.82) is 0 Å². The number of benzene rings is 2. The van der Waals surface area contributed by atoms with Crippen molar-refractivity contribution in [2.24, 2.45) is 0 Å². The minimum absolute atomic E-state index is 0. The fraction of sp³-hybridized carbons (Fsp3) is 0.316. The molecule has 3 nitrogen and oxygen atoms in total. The molecular weight excluding hydrogens is 310 g/mol. The van der Waals surface area contributed by atoms with Crippen LogP contribution in [-0.4, -0.2) is 19.1 Å². The molecule has 0 fully saturated rings. The molecule has 0 aliphatic heterocycles. The van der Waals surface area contributed by atoms with E-state index < -0.39 is 0 Å². The van der Waals surface area contributed by atoms with Gasteiger partial charge in [-0.25, -0.2) is 4.79 Å². The Kier molecular flexibility index (Phi) is 7.79. The van der Waals surface area contributed by atoms with Crippen molar-refractivity contribution in [1.82, 2.24) is 5.32 Å². The first kappa shape index (κ1) is 19.2. The average Bonchev–Trinajstić information content (AvgIpc) is 2.55. The zero-order valence-electron chi connectivity index (χ0n) is 13.8. The van der Waals surface area contributed by atoms with Crippen LogP contribution in [0.4, 0.5) is 0 Å². The van der Waals surface area contributed by atoms with Crippen LogP contribution in [0.5, 0.6) is 0 Å². The van der Waals surface area contributed by atoms with Gasteiger partial charge in [-0.15, -0.1) is 12.4 Å². The molecule has 2 rings (SSSR count). The van der Waals surface area contributed by atoms with Crippen molar-refractivity contribution < 1.29 is 9.53 Å². The number of hydrogen-bond acceptors (Lipinski definition) is 3. The lowest BCUT2D eigenvalue weighted by molar-refractivity contribution is 0.0600. The van der Waals surface area contributed by atoms with Gasteiger partial charge >= 0.3 is 5.97 Å². The van der Waals surface area contributed by atoms with E-state index in [4.69, 9.17) is 4.74 Å². The number of esters is 1. The lowest BCUT2D eigenvalue weighted by atomic mass is 10.0. The van der Waals surface area contributed by atoms with E-state index in [1.807, 2.05) is 30.3 Å². The third kappa shape index (κ3) is 5.70. The van der Waals surface area contributed by atoms with E-state index in [9.17, 15) is 4.79 Å². The Bertz CT molecular complexity index is 599. The van der Waals surface area contributed by atoms with E-state index in [2.05, 4.69) is 43.4 Å². The SMILES string of the molecule is COC(=O)c1ccc(C[C@@H](C)N[C@H](C)c2ccccc2)cc1.Cl. The van der Waals surface area contributed by atoms with Crippen LogP contribution in [0.1, 0.15) is 41.4 Å². The van der Waals surface area contributed by atoms with Crippen molar-refractivity contribution in [3.8, 4) is 0 Å². The monoisotopic (exact) mass is 333 g/mol. The summed E-state index contributed by atoms with van der Waals surface area (Å²) in [6.07, 6.45) is 0.915. The number of methoxy groups -OCH3 is 1. The van der Waals surface area contributed by atoms with Gasteiger partial charge in [0.2, 0.25) is 0 Å². The normalized spacial score (nSPS) is 12.8. The van der Waals surface area contributed by atoms with Gasteiger partial charge in [-0.3, -0.25) is 0 Å². The fourth-order valence-corrected chi connectivity index (χ4v) is 2.57. The Morgan fingerprint density at radius 3 is 2.22 bits per heavy atom. The van der Waals surface area contributed by atoms with Crippen LogP contribution in [0.15, 0.2) is 54.6 Å². The Balaban J connectivity index is 0.00000264. The minimum Gasteiger partial charge on any atom is -0.465 e. The predicted molar refractivity (Wildman–Crippen MR) is 96.2 cm³/mol. The second kappa shape index (κ2) is 9.33. The molecule has 0 heterocycles. The quantitative estimate of drug-likeness (QED) is 0.806. The van der Waals surface area contributed by atoms with Crippen LogP contribution in [0.25, 0.3) is 0 Å². The summed E-state index contributed by atoms with van der Waals surface area (Å²) in [5.74, 6) is -0.296. The molecule has 1 N–H and O–H groups in total. The molecule has 0 spiro atoms. The van der Waals surface area contributed by atoms with Gasteiger partial charge in [0.1, 0.15) is 0 Å². The van der Waals surface area contributed by atoms with E-state index in [1.165, 1.54) is 18.2 Å². The maximum atomic E-state index is 11.4. The molecule has 0 saturated heterocycles. The number of ether oxygens (including phenoxy) is 1. The minimum atomic E-state index is -0.296. The summed E-state index contributed by atoms with van der Waals surface area (Å²) < 4.78 is 4.71. The highest BCUT2D eigenvalue weighted by Crippen LogP contribution is 2.14. The summed E-state index contributed by atoms with van der Waals surface area (Å²) in [4.78, 5) is 11.4. The van der Waals surface area contributed by atoms with Crippen molar-refractivity contribution in [2.45, 2.75) is 32.4 Å². The number of nitrogens with one attached hydrogen (secondary N) is 1. The molecular formula is C19H24ClNO2. The maximum Gasteiger partial charge on any atom is 0.337 e. The fourth-order valence-electron chi connectivity index (χ4n) is 2.57. The highest BCUT2D eigenvalue weighted by Gasteiger charge is 2.10. The predicted octanol–water partition coefficient (Wildman–Crippen LogP) is 4.18. The molecule has 0 bridgehead atoms. The standard InChI is InChI=1S/C19H23NO2.ClH/c1-14(20-15(2)17-7-5-4-6-8-17)13-16-9-11-18(12-10-16)19(21)22-3;/h4-12,14-15,20H,13H2,1-3H3;1H/t14-,15-;/m1./s1. The molecule has 0 radical (unpaired) electrons. The Morgan fingerprint density at radius 1 is 1.04 bits per heavy atom. The van der Waals surface area contributed by atoms with Crippen LogP contribution < -0.4 is 5.32 Å². The first-order valence-corrected chi connectivity index (χ1v) is 7.58. The van der Waals surface area contributed by atoms with Gasteiger partial charge < -0.3 is 10.1 Å². The Hall–Kier alpha value is -1.84. The molecule has 0 saturated carbocycles. The molecule has 4 heteroatoms. The maximum absolute atomic E-state index is 11.4. The van der Waals surface area contributed by atoms with Crippen LogP contribution in [-0.2, 0) is 11.2 Å². The molecule has 2 atom stereocenters. The number of carbonyl (C=O) groups is 1. The van der Waals surface area contributed by atoms with Gasteiger partial charge in [-0.1, -0.05) is 42.5 Å². The highest BCUT2D eigenvalue weighted by atomic mass is 35.5. The van der Waals surface area contributed by atoms with Crippen LogP contribution in [0, 0.1) is 0 Å². The molecule has 2 aromatic rings. The summed E-state index contributed by atoms with van der Waals surface area (Å²) >= 11 is 0. The molecule has 0 aromatic heterocycles. The highest BCUT2D eigenvalue weighted by molar-refractivity contribution is 5.89. The van der Waals surface area contributed by atoms with Crippen LogP contribution in [0.3, 0.4) is 0 Å². The second-order valence-electron chi connectivity index (χ2n) is 5.59. The van der Waals surface area contributed by atoms with Crippen LogP contribution >= 0.6 is 12.4 Å². The molecule has 23 heavy (non-hydrogen) atoms. The molecule has 0 amide bonds. The second-order valence-corrected chi connectivity index (χ2v) is 5.59. The number of hydrogen-bond donors (Lipinski definition) is 1. The first-order valence-electron chi connectivity index (χ1n) is 7.58. The third-order valence-electron chi connectivity index (χ3n) is 3.75. The van der Waals surface area contributed by atoms with E-state index in [0.29, 0.717) is 17.6 Å². The van der Waals surface area contributed by atoms with Crippen molar-refractivity contribution in [3.05, 3.63) is 71.3 Å². The third-order valence-corrected chi connectivity index (χ3v) is 3.75. The lowest BCUT2D eigenvalue weighted by Crippen LogP contribution is -2.30. The molecule has 0 aliphatic carbocycles. The summed E-state index contributed by atoms with van der Waals surface area (Å²) in [5, 5.41) is 3.60. The van der Waals surface area contributed by atoms with Crippen molar-refractivity contribution >= 4 is 18.4 Å². The number of halogens is 1. The van der Waals surface area contributed by atoms with E-state index in [0.717, 1.165) is 6.42 Å². The van der Waals surface area contributed by atoms with Gasteiger partial charge in [0.05, 0.1) is 12.7 Å². The van der Waals surface area contributed by atoms with Gasteiger partial charge in [-0.2, -0.15) is 0 Å². The van der Waals surface area contributed by atoms with Gasteiger partial charge in [-0.05, 0) is 43.5 Å². The zero-order chi connectivity index (χ0) is 15.9. The molecule has 0 unspecified atom stereocenters. The smallest absolute Gasteiger partial charge is 0.337 e. The van der Waals surface area contributed by atoms with E-state index >= 15 is 0 Å². The molecule has 0 aliphatic rings. The summed E-state index contributed by atoms with van der Waals surface area (Å²) in [7, 11) is 1.40. The topological polar surface area (TPSA) is 38.3 Å². The summed E-state index contributed by atoms with van der Waals surface area (Å²) in [6, 6.07) is 18.7. The number of rotatable bonds is 6.